The van der Waals surface area contributed by atoms with E-state index in [1.165, 1.54) is 24.2 Å². The van der Waals surface area contributed by atoms with Gasteiger partial charge in [-0.05, 0) is 32.3 Å². The molecule has 3 aromatic heterocycles. The Bertz CT molecular complexity index is 1000. The average molecular weight is 400 g/mol. The third-order valence-electron chi connectivity index (χ3n) is 5.38. The second kappa shape index (κ2) is 6.53. The largest absolute Gasteiger partial charge is 0.345 e. The molecule has 1 aliphatic heterocycles. The lowest BCUT2D eigenvalue weighted by atomic mass is 10.1. The highest BCUT2D eigenvalue weighted by atomic mass is 32.1. The van der Waals surface area contributed by atoms with Gasteiger partial charge in [-0.15, -0.1) is 22.7 Å². The molecule has 2 fully saturated rings. The zero-order valence-corrected chi connectivity index (χ0v) is 17.1. The average Bonchev–Trinajstić information content (AvgIpc) is 3.27. The molecule has 140 valence electrons. The van der Waals surface area contributed by atoms with Gasteiger partial charge in [0.15, 0.2) is 5.13 Å². The summed E-state index contributed by atoms with van der Waals surface area (Å²) in [5.41, 5.74) is 2.03. The summed E-state index contributed by atoms with van der Waals surface area (Å²) in [6, 6.07) is 0. The van der Waals surface area contributed by atoms with Gasteiger partial charge in [0.05, 0.1) is 10.6 Å². The van der Waals surface area contributed by atoms with E-state index in [4.69, 9.17) is 9.97 Å². The highest BCUT2D eigenvalue weighted by molar-refractivity contribution is 7.20. The lowest BCUT2D eigenvalue weighted by molar-refractivity contribution is 0.0751. The molecule has 6 nitrogen and oxygen atoms in total. The third-order valence-corrected chi connectivity index (χ3v) is 7.39. The molecule has 1 saturated carbocycles. The first kappa shape index (κ1) is 17.1. The Morgan fingerprint density at radius 2 is 1.93 bits per heavy atom. The fraction of sp³-hybridized carbons (Fsp3) is 0.474. The van der Waals surface area contributed by atoms with E-state index in [-0.39, 0.29) is 5.91 Å². The number of amides is 1. The van der Waals surface area contributed by atoms with E-state index in [2.05, 4.69) is 9.88 Å². The summed E-state index contributed by atoms with van der Waals surface area (Å²) in [6.07, 6.45) is 4.20. The Kier molecular flexibility index (Phi) is 4.12. The second-order valence-electron chi connectivity index (χ2n) is 7.27. The van der Waals surface area contributed by atoms with Crippen LogP contribution in [0.1, 0.15) is 45.5 Å². The van der Waals surface area contributed by atoms with E-state index in [1.807, 2.05) is 30.3 Å². The van der Waals surface area contributed by atoms with Gasteiger partial charge in [0.25, 0.3) is 5.91 Å². The van der Waals surface area contributed by atoms with E-state index in [0.717, 1.165) is 63.5 Å². The highest BCUT2D eigenvalue weighted by Gasteiger charge is 2.30. The summed E-state index contributed by atoms with van der Waals surface area (Å²) in [5.74, 6) is 1.60. The summed E-state index contributed by atoms with van der Waals surface area (Å²) in [5, 5.41) is 4.10. The van der Waals surface area contributed by atoms with Crippen LogP contribution in [0.3, 0.4) is 0 Å². The zero-order valence-electron chi connectivity index (χ0n) is 15.4. The number of thiazole rings is 1. The molecule has 27 heavy (non-hydrogen) atoms. The quantitative estimate of drug-likeness (QED) is 0.673. The molecule has 1 saturated heterocycles. The molecule has 3 aromatic rings. The predicted octanol–water partition coefficient (Wildman–Crippen LogP) is 3.60. The van der Waals surface area contributed by atoms with E-state index in [9.17, 15) is 4.79 Å². The van der Waals surface area contributed by atoms with Crippen molar-refractivity contribution < 1.29 is 4.79 Å². The Morgan fingerprint density at radius 1 is 1.15 bits per heavy atom. The maximum absolute atomic E-state index is 13.2. The standard InChI is InChI=1S/C19H21N5OS2/c1-11-14-12(2)21-16(13-3-4-13)22-17(14)27-15(11)18(25)23-6-8-24(9-7-23)19-20-5-10-26-19/h5,10,13H,3-4,6-9H2,1-2H3. The smallest absolute Gasteiger partial charge is 0.264 e. The molecule has 0 spiro atoms. The molecule has 0 N–H and O–H groups in total. The van der Waals surface area contributed by atoms with Crippen molar-refractivity contribution in [3.8, 4) is 0 Å². The van der Waals surface area contributed by atoms with Gasteiger partial charge < -0.3 is 9.80 Å². The van der Waals surface area contributed by atoms with E-state index >= 15 is 0 Å². The van der Waals surface area contributed by atoms with Gasteiger partial charge in [-0.1, -0.05) is 0 Å². The number of rotatable bonds is 3. The summed E-state index contributed by atoms with van der Waals surface area (Å²) >= 11 is 3.18. The number of piperazine rings is 1. The number of hydrogen-bond acceptors (Lipinski definition) is 7. The molecule has 1 aliphatic carbocycles. The Hall–Kier alpha value is -2.06. The topological polar surface area (TPSA) is 62.2 Å². The summed E-state index contributed by atoms with van der Waals surface area (Å²) in [4.78, 5) is 33.0. The lowest BCUT2D eigenvalue weighted by Gasteiger charge is -2.34. The maximum atomic E-state index is 13.2. The van der Waals surface area contributed by atoms with Crippen molar-refractivity contribution in [1.29, 1.82) is 0 Å². The number of fused-ring (bicyclic) bond motifs is 1. The van der Waals surface area contributed by atoms with Gasteiger partial charge in [-0.25, -0.2) is 15.0 Å². The fourth-order valence-corrected chi connectivity index (χ4v) is 5.61. The molecule has 0 atom stereocenters. The van der Waals surface area contributed by atoms with Crippen LogP contribution in [0.4, 0.5) is 5.13 Å². The van der Waals surface area contributed by atoms with Gasteiger partial charge in [-0.3, -0.25) is 4.79 Å². The molecule has 0 radical (unpaired) electrons. The van der Waals surface area contributed by atoms with Gasteiger partial charge in [-0.2, -0.15) is 0 Å². The van der Waals surface area contributed by atoms with Gasteiger partial charge in [0.1, 0.15) is 10.7 Å². The molecule has 8 heteroatoms. The number of thiophene rings is 1. The Morgan fingerprint density at radius 3 is 2.59 bits per heavy atom. The molecular formula is C19H21N5OS2. The van der Waals surface area contributed by atoms with Crippen LogP contribution in [-0.4, -0.2) is 51.9 Å². The first-order chi connectivity index (χ1) is 13.1. The summed E-state index contributed by atoms with van der Waals surface area (Å²) < 4.78 is 0. The number of aryl methyl sites for hydroxylation is 2. The van der Waals surface area contributed by atoms with Crippen LogP contribution in [0, 0.1) is 13.8 Å². The van der Waals surface area contributed by atoms with Crippen molar-refractivity contribution in [3.63, 3.8) is 0 Å². The zero-order chi connectivity index (χ0) is 18.5. The van der Waals surface area contributed by atoms with Crippen molar-refractivity contribution in [2.45, 2.75) is 32.6 Å². The number of hydrogen-bond donors (Lipinski definition) is 0. The minimum absolute atomic E-state index is 0.127. The minimum atomic E-state index is 0.127. The second-order valence-corrected chi connectivity index (χ2v) is 9.14. The molecule has 0 aromatic carbocycles. The van der Waals surface area contributed by atoms with Gasteiger partial charge in [0.2, 0.25) is 0 Å². The molecule has 0 bridgehead atoms. The number of aromatic nitrogens is 3. The van der Waals surface area contributed by atoms with E-state index in [0.29, 0.717) is 5.92 Å². The predicted molar refractivity (Wildman–Crippen MR) is 109 cm³/mol. The van der Waals surface area contributed by atoms with Crippen LogP contribution < -0.4 is 4.90 Å². The highest BCUT2D eigenvalue weighted by Crippen LogP contribution is 2.40. The van der Waals surface area contributed by atoms with Crippen molar-refractivity contribution in [2.75, 3.05) is 31.1 Å². The summed E-state index contributed by atoms with van der Waals surface area (Å²) in [6.45, 7) is 7.18. The van der Waals surface area contributed by atoms with Crippen LogP contribution in [0.25, 0.3) is 10.2 Å². The molecule has 0 unspecified atom stereocenters. The molecule has 1 amide bonds. The van der Waals surface area contributed by atoms with Crippen LogP contribution in [0.2, 0.25) is 0 Å². The van der Waals surface area contributed by atoms with Crippen LogP contribution in [0.5, 0.6) is 0 Å². The molecule has 4 heterocycles. The number of carbonyl (C=O) groups is 1. The monoisotopic (exact) mass is 399 g/mol. The van der Waals surface area contributed by atoms with Crippen LogP contribution >= 0.6 is 22.7 Å². The van der Waals surface area contributed by atoms with Crippen molar-refractivity contribution in [2.24, 2.45) is 0 Å². The Labute approximate surface area is 165 Å². The SMILES string of the molecule is Cc1nc(C2CC2)nc2sc(C(=O)N3CCN(c4nccs4)CC3)c(C)c12. The first-order valence-electron chi connectivity index (χ1n) is 9.33. The maximum Gasteiger partial charge on any atom is 0.264 e. The molecule has 2 aliphatic rings. The lowest BCUT2D eigenvalue weighted by Crippen LogP contribution is -2.48. The van der Waals surface area contributed by atoms with Gasteiger partial charge >= 0.3 is 0 Å². The van der Waals surface area contributed by atoms with Crippen molar-refractivity contribution >= 4 is 43.9 Å². The van der Waals surface area contributed by atoms with E-state index in [1.54, 1.807) is 11.3 Å². The van der Waals surface area contributed by atoms with E-state index < -0.39 is 0 Å². The first-order valence-corrected chi connectivity index (χ1v) is 11.0. The number of anilines is 1. The minimum Gasteiger partial charge on any atom is -0.345 e. The van der Waals surface area contributed by atoms with Crippen LogP contribution in [0.15, 0.2) is 11.6 Å². The Balaban J connectivity index is 1.39. The van der Waals surface area contributed by atoms with Crippen molar-refractivity contribution in [1.82, 2.24) is 19.9 Å². The molecular weight excluding hydrogens is 378 g/mol. The third kappa shape index (κ3) is 3.00. The van der Waals surface area contributed by atoms with Gasteiger partial charge in [0, 0.05) is 49.1 Å². The fourth-order valence-electron chi connectivity index (χ4n) is 3.70. The van der Waals surface area contributed by atoms with Crippen LogP contribution in [-0.2, 0) is 0 Å². The number of carbonyl (C=O) groups excluding carboxylic acids is 1. The normalized spacial score (nSPS) is 17.7. The number of nitrogens with zero attached hydrogens (tertiary/aromatic N) is 5. The van der Waals surface area contributed by atoms with Crippen molar-refractivity contribution in [3.05, 3.63) is 33.5 Å². The summed E-state index contributed by atoms with van der Waals surface area (Å²) in [7, 11) is 0. The molecule has 5 rings (SSSR count).